The van der Waals surface area contributed by atoms with Crippen LogP contribution in [0.3, 0.4) is 0 Å². The largest absolute Gasteiger partial charge is 0.456 e. The smallest absolute Gasteiger partial charge is 0.262 e. The molecule has 0 radical (unpaired) electrons. The lowest BCUT2D eigenvalue weighted by Gasteiger charge is -2.11. The van der Waals surface area contributed by atoms with Crippen LogP contribution in [0.15, 0.2) is 82.0 Å². The molecule has 0 atom stereocenters. The first-order valence-corrected chi connectivity index (χ1v) is 9.14. The molecule has 0 unspecified atom stereocenters. The average Bonchev–Trinajstić information content (AvgIpc) is 2.98. The number of benzene rings is 3. The van der Waals surface area contributed by atoms with Crippen LogP contribution in [0.25, 0.3) is 33.4 Å². The molecule has 0 N–H and O–H groups in total. The summed E-state index contributed by atoms with van der Waals surface area (Å²) in [5.41, 5.74) is 2.77. The molecule has 5 heteroatoms. The van der Waals surface area contributed by atoms with E-state index in [0.29, 0.717) is 27.7 Å². The molecule has 0 fully saturated rings. The number of para-hydroxylation sites is 1. The predicted octanol–water partition coefficient (Wildman–Crippen LogP) is 4.35. The lowest BCUT2D eigenvalue weighted by molar-refractivity contribution is 0.0693. The maximum Gasteiger partial charge on any atom is 0.262 e. The van der Waals surface area contributed by atoms with Crippen molar-refractivity contribution in [3.63, 3.8) is 0 Å². The molecule has 5 nitrogen and oxygen atoms in total. The Morgan fingerprint density at radius 3 is 2.10 bits per heavy atom. The molecule has 29 heavy (non-hydrogen) atoms. The van der Waals surface area contributed by atoms with Crippen LogP contribution in [0.5, 0.6) is 0 Å². The minimum Gasteiger partial charge on any atom is -0.456 e. The number of hydrogen-bond donors (Lipinski definition) is 0. The molecule has 2 amide bonds. The van der Waals surface area contributed by atoms with Crippen molar-refractivity contribution in [3.8, 4) is 22.5 Å². The topological polar surface area (TPSA) is 67.6 Å². The van der Waals surface area contributed by atoms with Gasteiger partial charge in [-0.15, -0.1) is 0 Å². The summed E-state index contributed by atoms with van der Waals surface area (Å²) < 4.78 is 5.94. The molecule has 1 aliphatic rings. The summed E-state index contributed by atoms with van der Waals surface area (Å²) in [6.07, 6.45) is 0. The van der Waals surface area contributed by atoms with Crippen LogP contribution in [-0.4, -0.2) is 23.8 Å². The zero-order chi connectivity index (χ0) is 20.1. The van der Waals surface area contributed by atoms with Gasteiger partial charge in [0.2, 0.25) is 0 Å². The van der Waals surface area contributed by atoms with Crippen molar-refractivity contribution in [2.24, 2.45) is 0 Å². The molecule has 3 aromatic carbocycles. The van der Waals surface area contributed by atoms with Crippen molar-refractivity contribution in [2.75, 3.05) is 7.05 Å². The lowest BCUT2D eigenvalue weighted by atomic mass is 9.92. The number of fused-ring (bicyclic) bond motifs is 2. The molecule has 0 bridgehead atoms. The van der Waals surface area contributed by atoms with Gasteiger partial charge in [0.15, 0.2) is 5.43 Å². The molecule has 4 aromatic rings. The molecule has 0 spiro atoms. The van der Waals surface area contributed by atoms with Crippen molar-refractivity contribution in [1.82, 2.24) is 4.90 Å². The summed E-state index contributed by atoms with van der Waals surface area (Å²) >= 11 is 0. The van der Waals surface area contributed by atoms with Gasteiger partial charge in [-0.05, 0) is 29.3 Å². The van der Waals surface area contributed by atoms with Crippen molar-refractivity contribution in [2.45, 2.75) is 0 Å². The standard InChI is InChI=1S/C24H15NO4/c1-25-23(27)21-15(14-7-3-2-4-8-14)11-12-17(22(21)24(25)28)20-13-18(26)16-9-5-6-10-19(16)29-20/h2-13H,1H3. The molecule has 0 saturated carbocycles. The van der Waals surface area contributed by atoms with Crippen LogP contribution in [0, 0.1) is 0 Å². The summed E-state index contributed by atoms with van der Waals surface area (Å²) in [6, 6.07) is 21.3. The third-order valence-electron chi connectivity index (χ3n) is 5.23. The van der Waals surface area contributed by atoms with Gasteiger partial charge in [0, 0.05) is 18.7 Å². The SMILES string of the molecule is CN1C(=O)c2c(-c3ccccc3)ccc(-c3cc(=O)c4ccccc4o3)c2C1=O. The Hall–Kier alpha value is -3.99. The fraction of sp³-hybridized carbons (Fsp3) is 0.0417. The third-order valence-corrected chi connectivity index (χ3v) is 5.23. The van der Waals surface area contributed by atoms with E-state index in [1.54, 1.807) is 36.4 Å². The number of amides is 2. The number of carbonyl (C=O) groups excluding carboxylic acids is 2. The van der Waals surface area contributed by atoms with E-state index in [4.69, 9.17) is 4.42 Å². The second kappa shape index (κ2) is 6.27. The minimum absolute atomic E-state index is 0.201. The molecular weight excluding hydrogens is 366 g/mol. The summed E-state index contributed by atoms with van der Waals surface area (Å²) in [5, 5.41) is 0.466. The third kappa shape index (κ3) is 2.51. The second-order valence-corrected chi connectivity index (χ2v) is 6.92. The number of hydrogen-bond acceptors (Lipinski definition) is 4. The highest BCUT2D eigenvalue weighted by Gasteiger charge is 2.38. The Bertz CT molecular complexity index is 1370. The molecule has 0 saturated heterocycles. The first kappa shape index (κ1) is 17.1. The maximum absolute atomic E-state index is 12.9. The van der Waals surface area contributed by atoms with Crippen LogP contribution in [0.2, 0.25) is 0 Å². The molecule has 140 valence electrons. The van der Waals surface area contributed by atoms with Gasteiger partial charge >= 0.3 is 0 Å². The molecule has 1 aliphatic heterocycles. The monoisotopic (exact) mass is 381 g/mol. The zero-order valence-corrected chi connectivity index (χ0v) is 15.5. The van der Waals surface area contributed by atoms with Crippen molar-refractivity contribution >= 4 is 22.8 Å². The van der Waals surface area contributed by atoms with Gasteiger partial charge in [-0.1, -0.05) is 48.5 Å². The van der Waals surface area contributed by atoms with Crippen LogP contribution >= 0.6 is 0 Å². The van der Waals surface area contributed by atoms with Crippen molar-refractivity contribution < 1.29 is 14.0 Å². The highest BCUT2D eigenvalue weighted by Crippen LogP contribution is 2.38. The van der Waals surface area contributed by atoms with Crippen molar-refractivity contribution in [1.29, 1.82) is 0 Å². The summed E-state index contributed by atoms with van der Waals surface area (Å²) in [7, 11) is 1.46. The normalized spacial score (nSPS) is 13.2. The molecule has 5 rings (SSSR count). The fourth-order valence-electron chi connectivity index (χ4n) is 3.77. The van der Waals surface area contributed by atoms with Crippen LogP contribution < -0.4 is 5.43 Å². The summed E-state index contributed by atoms with van der Waals surface area (Å²) in [6.45, 7) is 0. The van der Waals surface area contributed by atoms with Gasteiger partial charge < -0.3 is 4.42 Å². The minimum atomic E-state index is -0.409. The van der Waals surface area contributed by atoms with Gasteiger partial charge in [0.25, 0.3) is 11.8 Å². The van der Waals surface area contributed by atoms with E-state index in [1.807, 2.05) is 30.3 Å². The van der Waals surface area contributed by atoms with E-state index >= 15 is 0 Å². The number of imide groups is 1. The van der Waals surface area contributed by atoms with E-state index < -0.39 is 5.91 Å². The number of carbonyl (C=O) groups is 2. The highest BCUT2D eigenvalue weighted by atomic mass is 16.3. The quantitative estimate of drug-likeness (QED) is 0.484. The average molecular weight is 381 g/mol. The van der Waals surface area contributed by atoms with Gasteiger partial charge in [0.05, 0.1) is 16.5 Å². The van der Waals surface area contributed by atoms with Gasteiger partial charge in [-0.3, -0.25) is 19.3 Å². The van der Waals surface area contributed by atoms with Gasteiger partial charge in [0.1, 0.15) is 11.3 Å². The van der Waals surface area contributed by atoms with E-state index in [2.05, 4.69) is 0 Å². The van der Waals surface area contributed by atoms with Crippen LogP contribution in [0.4, 0.5) is 0 Å². The predicted molar refractivity (Wildman–Crippen MR) is 110 cm³/mol. The zero-order valence-electron chi connectivity index (χ0n) is 15.5. The molecule has 1 aromatic heterocycles. The first-order valence-electron chi connectivity index (χ1n) is 9.14. The second-order valence-electron chi connectivity index (χ2n) is 6.92. The Labute approximate surface area is 165 Å². The Morgan fingerprint density at radius 2 is 1.34 bits per heavy atom. The lowest BCUT2D eigenvalue weighted by Crippen LogP contribution is -2.24. The summed E-state index contributed by atoms with van der Waals surface area (Å²) in [5.74, 6) is -0.511. The molecule has 0 aliphatic carbocycles. The number of nitrogens with zero attached hydrogens (tertiary/aromatic N) is 1. The fourth-order valence-corrected chi connectivity index (χ4v) is 3.77. The molecular formula is C24H15NO4. The Kier molecular flexibility index (Phi) is 3.71. The number of rotatable bonds is 2. The van der Waals surface area contributed by atoms with Crippen molar-refractivity contribution in [3.05, 3.63) is 94.1 Å². The first-order chi connectivity index (χ1) is 14.1. The summed E-state index contributed by atoms with van der Waals surface area (Å²) in [4.78, 5) is 39.4. The van der Waals surface area contributed by atoms with E-state index in [0.717, 1.165) is 10.5 Å². The van der Waals surface area contributed by atoms with E-state index in [1.165, 1.54) is 13.1 Å². The van der Waals surface area contributed by atoms with E-state index in [-0.39, 0.29) is 22.7 Å². The van der Waals surface area contributed by atoms with Crippen LogP contribution in [-0.2, 0) is 0 Å². The maximum atomic E-state index is 12.9. The Morgan fingerprint density at radius 1 is 0.724 bits per heavy atom. The molecule has 2 heterocycles. The van der Waals surface area contributed by atoms with Gasteiger partial charge in [-0.2, -0.15) is 0 Å². The highest BCUT2D eigenvalue weighted by molar-refractivity contribution is 6.26. The van der Waals surface area contributed by atoms with Crippen LogP contribution in [0.1, 0.15) is 20.7 Å². The van der Waals surface area contributed by atoms with Gasteiger partial charge in [-0.25, -0.2) is 0 Å². The Balaban J connectivity index is 1.82. The van der Waals surface area contributed by atoms with E-state index in [9.17, 15) is 14.4 Å².